The van der Waals surface area contributed by atoms with Crippen LogP contribution >= 0.6 is 0 Å². The van der Waals surface area contributed by atoms with Gasteiger partial charge < -0.3 is 20.1 Å². The van der Waals surface area contributed by atoms with Crippen molar-refractivity contribution in [2.45, 2.75) is 18.9 Å². The topological polar surface area (TPSA) is 69.9 Å². The Morgan fingerprint density at radius 3 is 1.81 bits per heavy atom. The molecule has 3 N–H and O–H groups in total. The molecule has 0 aliphatic carbocycles. The Kier molecular flexibility index (Phi) is 4.87. The van der Waals surface area contributed by atoms with Crippen LogP contribution < -0.4 is 4.74 Å². The Morgan fingerprint density at radius 1 is 0.808 bits per heavy atom. The van der Waals surface area contributed by atoms with Gasteiger partial charge in [-0.25, -0.2) is 0 Å². The summed E-state index contributed by atoms with van der Waals surface area (Å²) in [6, 6.07) is 19.5. The number of phenols is 2. The zero-order valence-electron chi connectivity index (χ0n) is 14.8. The van der Waals surface area contributed by atoms with E-state index in [-0.39, 0.29) is 18.1 Å². The molecule has 26 heavy (non-hydrogen) atoms. The number of ether oxygens (including phenoxy) is 1. The van der Waals surface area contributed by atoms with Gasteiger partial charge in [0.2, 0.25) is 0 Å². The van der Waals surface area contributed by atoms with Gasteiger partial charge in [-0.05, 0) is 30.7 Å². The van der Waals surface area contributed by atoms with E-state index < -0.39 is 5.41 Å². The Labute approximate surface area is 153 Å². The van der Waals surface area contributed by atoms with E-state index in [1.54, 1.807) is 31.4 Å². The molecule has 4 heteroatoms. The van der Waals surface area contributed by atoms with Crippen molar-refractivity contribution in [1.29, 1.82) is 0 Å². The highest BCUT2D eigenvalue weighted by atomic mass is 16.5. The Bertz CT molecular complexity index is 850. The molecule has 0 heterocycles. The molecule has 0 fully saturated rings. The predicted octanol–water partition coefficient (Wildman–Crippen LogP) is 3.95. The minimum Gasteiger partial charge on any atom is -0.508 e. The number of aliphatic hydroxyl groups excluding tert-OH is 1. The molecule has 134 valence electrons. The molecule has 0 atom stereocenters. The molecule has 0 radical (unpaired) electrons. The maximum absolute atomic E-state index is 10.6. The first-order valence-electron chi connectivity index (χ1n) is 8.38. The molecule has 0 unspecified atom stereocenters. The van der Waals surface area contributed by atoms with Crippen molar-refractivity contribution in [2.75, 3.05) is 7.11 Å². The number of hydrogen-bond acceptors (Lipinski definition) is 4. The summed E-state index contributed by atoms with van der Waals surface area (Å²) in [4.78, 5) is 0. The Balaban J connectivity index is 2.45. The molecule has 0 aromatic heterocycles. The molecule has 0 aliphatic heterocycles. The lowest BCUT2D eigenvalue weighted by atomic mass is 9.68. The second-order valence-electron chi connectivity index (χ2n) is 6.31. The van der Waals surface area contributed by atoms with Crippen LogP contribution in [0.15, 0.2) is 66.7 Å². The predicted molar refractivity (Wildman–Crippen MR) is 101 cm³/mol. The van der Waals surface area contributed by atoms with Crippen LogP contribution in [0.5, 0.6) is 17.2 Å². The SMILES string of the molecule is COc1cccc(CO)c1C(C)(c1ccccc1O)c1ccccc1O. The molecule has 3 aromatic rings. The number of rotatable bonds is 5. The van der Waals surface area contributed by atoms with E-state index >= 15 is 0 Å². The monoisotopic (exact) mass is 350 g/mol. The fraction of sp³-hybridized carbons (Fsp3) is 0.182. The third kappa shape index (κ3) is 2.78. The average molecular weight is 350 g/mol. The van der Waals surface area contributed by atoms with Gasteiger partial charge in [0.05, 0.1) is 19.1 Å². The summed E-state index contributed by atoms with van der Waals surface area (Å²) in [5.41, 5.74) is 1.65. The van der Waals surface area contributed by atoms with Gasteiger partial charge in [-0.2, -0.15) is 0 Å². The molecule has 4 nitrogen and oxygen atoms in total. The first-order chi connectivity index (χ1) is 12.5. The summed E-state index contributed by atoms with van der Waals surface area (Å²) < 4.78 is 5.58. The van der Waals surface area contributed by atoms with E-state index in [1.807, 2.05) is 49.4 Å². The second-order valence-corrected chi connectivity index (χ2v) is 6.31. The minimum atomic E-state index is -0.943. The van der Waals surface area contributed by atoms with Gasteiger partial charge in [0.15, 0.2) is 0 Å². The van der Waals surface area contributed by atoms with Crippen molar-refractivity contribution in [3.05, 3.63) is 89.0 Å². The second kappa shape index (κ2) is 7.10. The number of phenolic OH excluding ortho intramolecular Hbond substituents is 2. The van der Waals surface area contributed by atoms with Crippen molar-refractivity contribution in [3.63, 3.8) is 0 Å². The smallest absolute Gasteiger partial charge is 0.123 e. The van der Waals surface area contributed by atoms with Crippen LogP contribution in [0.4, 0.5) is 0 Å². The number of hydrogen-bond donors (Lipinski definition) is 3. The fourth-order valence-electron chi connectivity index (χ4n) is 3.65. The number of benzene rings is 3. The van der Waals surface area contributed by atoms with Gasteiger partial charge in [-0.3, -0.25) is 0 Å². The van der Waals surface area contributed by atoms with E-state index in [4.69, 9.17) is 4.74 Å². The molecule has 0 amide bonds. The summed E-state index contributed by atoms with van der Waals surface area (Å²) in [5.74, 6) is 0.784. The number of aromatic hydroxyl groups is 2. The van der Waals surface area contributed by atoms with Crippen LogP contribution in [0.25, 0.3) is 0 Å². The van der Waals surface area contributed by atoms with Crippen molar-refractivity contribution in [3.8, 4) is 17.2 Å². The van der Waals surface area contributed by atoms with Crippen LogP contribution in [-0.2, 0) is 12.0 Å². The summed E-state index contributed by atoms with van der Waals surface area (Å²) in [6.45, 7) is 1.72. The Morgan fingerprint density at radius 2 is 1.35 bits per heavy atom. The van der Waals surface area contributed by atoms with E-state index in [9.17, 15) is 15.3 Å². The van der Waals surface area contributed by atoms with Gasteiger partial charge in [0.25, 0.3) is 0 Å². The highest BCUT2D eigenvalue weighted by Gasteiger charge is 2.39. The standard InChI is InChI=1S/C22H22O4/c1-22(16-9-3-5-11-18(16)24,17-10-4-6-12-19(17)25)21-15(14-23)8-7-13-20(21)26-2/h3-13,23-25H,14H2,1-2H3. The third-order valence-corrected chi connectivity index (χ3v) is 4.89. The molecular formula is C22H22O4. The van der Waals surface area contributed by atoms with Crippen LogP contribution in [0.1, 0.15) is 29.2 Å². The molecule has 0 aliphatic rings. The zero-order valence-corrected chi connectivity index (χ0v) is 14.8. The lowest BCUT2D eigenvalue weighted by Crippen LogP contribution is -2.28. The number of methoxy groups -OCH3 is 1. The maximum Gasteiger partial charge on any atom is 0.123 e. The van der Waals surface area contributed by atoms with Gasteiger partial charge in [-0.15, -0.1) is 0 Å². The maximum atomic E-state index is 10.6. The molecule has 0 spiro atoms. The van der Waals surface area contributed by atoms with Crippen LogP contribution in [0.2, 0.25) is 0 Å². The molecule has 0 saturated heterocycles. The van der Waals surface area contributed by atoms with Crippen molar-refractivity contribution < 1.29 is 20.1 Å². The van der Waals surface area contributed by atoms with Gasteiger partial charge in [0, 0.05) is 16.7 Å². The Hall–Kier alpha value is -2.98. The van der Waals surface area contributed by atoms with Crippen LogP contribution in [0.3, 0.4) is 0 Å². The van der Waals surface area contributed by atoms with Crippen molar-refractivity contribution in [1.82, 2.24) is 0 Å². The summed E-state index contributed by atoms with van der Waals surface area (Å²) >= 11 is 0. The van der Waals surface area contributed by atoms with Gasteiger partial charge in [0.1, 0.15) is 17.2 Å². The summed E-state index contributed by atoms with van der Waals surface area (Å²) in [7, 11) is 1.57. The highest BCUT2D eigenvalue weighted by molar-refractivity contribution is 5.62. The number of aliphatic hydroxyl groups is 1. The lowest BCUT2D eigenvalue weighted by Gasteiger charge is -2.35. The van der Waals surface area contributed by atoms with E-state index in [0.717, 1.165) is 0 Å². The van der Waals surface area contributed by atoms with E-state index in [1.165, 1.54) is 0 Å². The molecule has 3 rings (SSSR count). The molecular weight excluding hydrogens is 328 g/mol. The summed E-state index contributed by atoms with van der Waals surface area (Å²) in [5, 5.41) is 31.2. The van der Waals surface area contributed by atoms with E-state index in [2.05, 4.69) is 0 Å². The van der Waals surface area contributed by atoms with Crippen molar-refractivity contribution in [2.24, 2.45) is 0 Å². The van der Waals surface area contributed by atoms with Crippen LogP contribution in [-0.4, -0.2) is 22.4 Å². The first kappa shape index (κ1) is 17.8. The quantitative estimate of drug-likeness (QED) is 0.609. The molecule has 3 aromatic carbocycles. The van der Waals surface area contributed by atoms with Gasteiger partial charge in [-0.1, -0.05) is 48.5 Å². The summed E-state index contributed by atoms with van der Waals surface area (Å²) in [6.07, 6.45) is 0. The largest absolute Gasteiger partial charge is 0.508 e. The zero-order chi connectivity index (χ0) is 18.7. The van der Waals surface area contributed by atoms with E-state index in [0.29, 0.717) is 28.0 Å². The third-order valence-electron chi connectivity index (χ3n) is 4.89. The first-order valence-corrected chi connectivity index (χ1v) is 8.38. The molecule has 0 bridgehead atoms. The normalized spacial score (nSPS) is 11.3. The number of para-hydroxylation sites is 2. The van der Waals surface area contributed by atoms with Crippen molar-refractivity contribution >= 4 is 0 Å². The lowest BCUT2D eigenvalue weighted by molar-refractivity contribution is 0.277. The minimum absolute atomic E-state index is 0.105. The average Bonchev–Trinajstić information content (AvgIpc) is 2.67. The molecule has 0 saturated carbocycles. The van der Waals surface area contributed by atoms with Crippen LogP contribution in [0, 0.1) is 0 Å². The highest BCUT2D eigenvalue weighted by Crippen LogP contribution is 2.49. The fourth-order valence-corrected chi connectivity index (χ4v) is 3.65. The van der Waals surface area contributed by atoms with Gasteiger partial charge >= 0.3 is 0 Å².